The minimum atomic E-state index is -0.459. The number of rotatable bonds is 5. The van der Waals surface area contributed by atoms with Gasteiger partial charge in [-0.1, -0.05) is 13.8 Å². The summed E-state index contributed by atoms with van der Waals surface area (Å²) in [5, 5.41) is 2.93. The Morgan fingerprint density at radius 1 is 1.53 bits per heavy atom. The first kappa shape index (κ1) is 16.1. The quantitative estimate of drug-likeness (QED) is 0.871. The Kier molecular flexibility index (Phi) is 5.50. The zero-order chi connectivity index (χ0) is 14.6. The van der Waals surface area contributed by atoms with Crippen LogP contribution in [0.5, 0.6) is 0 Å². The molecule has 1 aromatic rings. The first-order chi connectivity index (χ1) is 8.77. The lowest BCUT2D eigenvalue weighted by molar-refractivity contribution is 0.0897. The molecule has 3 nitrogen and oxygen atoms in total. The number of amides is 1. The largest absolute Gasteiger partial charge is 0.346 e. The van der Waals surface area contributed by atoms with Crippen LogP contribution in [0.1, 0.15) is 37.6 Å². The number of nitrogens with one attached hydrogen (secondary N) is 1. The average Bonchev–Trinajstić information content (AvgIpc) is 2.27. The van der Waals surface area contributed by atoms with Crippen LogP contribution in [-0.2, 0) is 0 Å². The van der Waals surface area contributed by atoms with Crippen molar-refractivity contribution in [1.82, 2.24) is 5.32 Å². The van der Waals surface area contributed by atoms with Crippen LogP contribution in [0.15, 0.2) is 22.7 Å². The molecule has 1 rings (SSSR count). The summed E-state index contributed by atoms with van der Waals surface area (Å²) in [6.45, 7) is 6.43. The summed E-state index contributed by atoms with van der Waals surface area (Å²) >= 11 is 3.20. The highest BCUT2D eigenvalue weighted by atomic mass is 79.9. The number of carbonyl (C=O) groups is 1. The third-order valence-corrected chi connectivity index (χ3v) is 3.56. The molecule has 3 N–H and O–H groups in total. The minimum Gasteiger partial charge on any atom is -0.346 e. The standard InChI is InChI=1S/C14H20BrFN2O/c1-9(2)7-14(3,8-17)18-13(19)11-5-4-10(16)6-12(11)15/h4-6,9H,7-8,17H2,1-3H3,(H,18,19). The van der Waals surface area contributed by atoms with Crippen molar-refractivity contribution in [2.24, 2.45) is 11.7 Å². The fraction of sp³-hybridized carbons (Fsp3) is 0.500. The molecular formula is C14H20BrFN2O. The Morgan fingerprint density at radius 2 is 2.16 bits per heavy atom. The van der Waals surface area contributed by atoms with Crippen LogP contribution in [0.4, 0.5) is 4.39 Å². The first-order valence-electron chi connectivity index (χ1n) is 6.25. The number of halogens is 2. The topological polar surface area (TPSA) is 55.1 Å². The molecule has 0 aliphatic rings. The number of carbonyl (C=O) groups excluding carboxylic acids is 1. The molecule has 1 unspecified atom stereocenters. The number of benzene rings is 1. The van der Waals surface area contributed by atoms with Crippen LogP contribution in [0.2, 0.25) is 0 Å². The summed E-state index contributed by atoms with van der Waals surface area (Å²) in [4.78, 5) is 12.2. The number of hydrogen-bond acceptors (Lipinski definition) is 2. The van der Waals surface area contributed by atoms with Crippen molar-refractivity contribution in [3.8, 4) is 0 Å². The van der Waals surface area contributed by atoms with Crippen molar-refractivity contribution in [1.29, 1.82) is 0 Å². The first-order valence-corrected chi connectivity index (χ1v) is 7.04. The lowest BCUT2D eigenvalue weighted by Gasteiger charge is -2.31. The van der Waals surface area contributed by atoms with E-state index in [1.165, 1.54) is 18.2 Å². The van der Waals surface area contributed by atoms with E-state index in [9.17, 15) is 9.18 Å². The molecule has 1 amide bonds. The maximum absolute atomic E-state index is 13.0. The Labute approximate surface area is 121 Å². The lowest BCUT2D eigenvalue weighted by atomic mass is 9.90. The molecule has 19 heavy (non-hydrogen) atoms. The van der Waals surface area contributed by atoms with Crippen molar-refractivity contribution in [2.45, 2.75) is 32.7 Å². The molecule has 0 bridgehead atoms. The molecule has 1 aromatic carbocycles. The second-order valence-corrected chi connectivity index (χ2v) is 6.30. The molecule has 5 heteroatoms. The monoisotopic (exact) mass is 330 g/mol. The Bertz CT molecular complexity index is 465. The molecule has 0 aromatic heterocycles. The van der Waals surface area contributed by atoms with Gasteiger partial charge in [-0.2, -0.15) is 0 Å². The summed E-state index contributed by atoms with van der Waals surface area (Å²) in [7, 11) is 0. The molecule has 106 valence electrons. The van der Waals surface area contributed by atoms with Crippen LogP contribution in [0.3, 0.4) is 0 Å². The van der Waals surface area contributed by atoms with E-state index >= 15 is 0 Å². The van der Waals surface area contributed by atoms with Crippen molar-refractivity contribution in [2.75, 3.05) is 6.54 Å². The highest BCUT2D eigenvalue weighted by Gasteiger charge is 2.27. The zero-order valence-electron chi connectivity index (χ0n) is 11.5. The predicted octanol–water partition coefficient (Wildman–Crippen LogP) is 3.08. The molecule has 1 atom stereocenters. The van der Waals surface area contributed by atoms with Gasteiger partial charge in [0.2, 0.25) is 0 Å². The fourth-order valence-electron chi connectivity index (χ4n) is 2.10. The van der Waals surface area contributed by atoms with E-state index in [2.05, 4.69) is 35.1 Å². The van der Waals surface area contributed by atoms with Gasteiger partial charge in [0.15, 0.2) is 0 Å². The molecule has 0 saturated carbocycles. The molecule has 0 saturated heterocycles. The second-order valence-electron chi connectivity index (χ2n) is 5.44. The van der Waals surface area contributed by atoms with Gasteiger partial charge in [-0.25, -0.2) is 4.39 Å². The van der Waals surface area contributed by atoms with Crippen LogP contribution in [0.25, 0.3) is 0 Å². The van der Waals surface area contributed by atoms with Gasteiger partial charge in [-0.3, -0.25) is 4.79 Å². The van der Waals surface area contributed by atoms with E-state index in [0.717, 1.165) is 6.42 Å². The Morgan fingerprint density at radius 3 is 2.63 bits per heavy atom. The van der Waals surface area contributed by atoms with Crippen molar-refractivity contribution in [3.05, 3.63) is 34.1 Å². The van der Waals surface area contributed by atoms with E-state index in [1.54, 1.807) is 0 Å². The van der Waals surface area contributed by atoms with Crippen LogP contribution < -0.4 is 11.1 Å². The zero-order valence-corrected chi connectivity index (χ0v) is 13.1. The SMILES string of the molecule is CC(C)CC(C)(CN)NC(=O)c1ccc(F)cc1Br. The highest BCUT2D eigenvalue weighted by molar-refractivity contribution is 9.10. The molecule has 0 radical (unpaired) electrons. The van der Waals surface area contributed by atoms with Crippen LogP contribution >= 0.6 is 15.9 Å². The molecule has 0 aliphatic heterocycles. The maximum Gasteiger partial charge on any atom is 0.252 e. The van der Waals surface area contributed by atoms with Crippen LogP contribution in [0, 0.1) is 11.7 Å². The maximum atomic E-state index is 13.0. The summed E-state index contributed by atoms with van der Waals surface area (Å²) in [5.74, 6) is -0.210. The van der Waals surface area contributed by atoms with Crippen molar-refractivity contribution < 1.29 is 9.18 Å². The average molecular weight is 331 g/mol. The van der Waals surface area contributed by atoms with Crippen LogP contribution in [-0.4, -0.2) is 18.0 Å². The summed E-state index contributed by atoms with van der Waals surface area (Å²) in [6.07, 6.45) is 0.786. The normalized spacial score (nSPS) is 14.3. The molecule has 0 fully saturated rings. The Hall–Kier alpha value is -0.940. The van der Waals surface area contributed by atoms with E-state index in [1.807, 2.05) is 6.92 Å². The number of nitrogens with two attached hydrogens (primary N) is 1. The van der Waals surface area contributed by atoms with Gasteiger partial charge >= 0.3 is 0 Å². The number of hydrogen-bond donors (Lipinski definition) is 2. The predicted molar refractivity (Wildman–Crippen MR) is 78.5 cm³/mol. The smallest absolute Gasteiger partial charge is 0.252 e. The molecular weight excluding hydrogens is 311 g/mol. The molecule has 0 heterocycles. The third kappa shape index (κ3) is 4.58. The highest BCUT2D eigenvalue weighted by Crippen LogP contribution is 2.20. The van der Waals surface area contributed by atoms with Gasteiger partial charge < -0.3 is 11.1 Å². The fourth-order valence-corrected chi connectivity index (χ4v) is 2.63. The van der Waals surface area contributed by atoms with Gasteiger partial charge in [-0.05, 0) is 53.4 Å². The van der Waals surface area contributed by atoms with E-state index in [-0.39, 0.29) is 11.7 Å². The van der Waals surface area contributed by atoms with Gasteiger partial charge in [-0.15, -0.1) is 0 Å². The molecule has 0 spiro atoms. The Balaban J connectivity index is 2.88. The lowest BCUT2D eigenvalue weighted by Crippen LogP contribution is -2.52. The second kappa shape index (κ2) is 6.48. The van der Waals surface area contributed by atoms with E-state index in [4.69, 9.17) is 5.73 Å². The van der Waals surface area contributed by atoms with E-state index in [0.29, 0.717) is 22.5 Å². The summed E-state index contributed by atoms with van der Waals surface area (Å²) < 4.78 is 13.4. The minimum absolute atomic E-state index is 0.250. The van der Waals surface area contributed by atoms with Gasteiger partial charge in [0.1, 0.15) is 5.82 Å². The van der Waals surface area contributed by atoms with Gasteiger partial charge in [0.05, 0.1) is 5.56 Å². The van der Waals surface area contributed by atoms with Gasteiger partial charge in [0.25, 0.3) is 5.91 Å². The summed E-state index contributed by atoms with van der Waals surface area (Å²) in [6, 6.07) is 4.00. The van der Waals surface area contributed by atoms with Gasteiger partial charge in [0, 0.05) is 16.6 Å². The molecule has 0 aliphatic carbocycles. The third-order valence-electron chi connectivity index (χ3n) is 2.90. The van der Waals surface area contributed by atoms with Crippen molar-refractivity contribution in [3.63, 3.8) is 0 Å². The van der Waals surface area contributed by atoms with Crippen molar-refractivity contribution >= 4 is 21.8 Å². The summed E-state index contributed by atoms with van der Waals surface area (Å²) in [5.41, 5.74) is 5.71. The van der Waals surface area contributed by atoms with E-state index < -0.39 is 5.54 Å².